The average molecular weight is 363 g/mol. The number of hydrogen-bond acceptors (Lipinski definition) is 6. The molecular formula is C18H22N2O2S2. The van der Waals surface area contributed by atoms with E-state index in [1.54, 1.807) is 0 Å². The van der Waals surface area contributed by atoms with Crippen LogP contribution in [0.4, 0.5) is 0 Å². The van der Waals surface area contributed by atoms with Gasteiger partial charge in [0.25, 0.3) is 0 Å². The Bertz CT molecular complexity index is 783. The number of nitrogens with zero attached hydrogens (tertiary/aromatic N) is 2. The SMILES string of the molecule is CCOC(=O)CSc1nc(C2CC2)nc2sc3c(c12)CC[C@H](C)C3. The number of rotatable bonds is 5. The molecule has 0 amide bonds. The lowest BCUT2D eigenvalue weighted by Crippen LogP contribution is -2.09. The first-order valence-electron chi connectivity index (χ1n) is 8.76. The molecule has 2 aromatic heterocycles. The number of carbonyl (C=O) groups is 1. The van der Waals surface area contributed by atoms with Crippen LogP contribution in [0.2, 0.25) is 0 Å². The summed E-state index contributed by atoms with van der Waals surface area (Å²) in [5, 5.41) is 2.20. The van der Waals surface area contributed by atoms with Gasteiger partial charge in [0.15, 0.2) is 0 Å². The number of esters is 1. The molecule has 0 saturated heterocycles. The zero-order valence-corrected chi connectivity index (χ0v) is 15.8. The van der Waals surface area contributed by atoms with Crippen LogP contribution < -0.4 is 0 Å². The maximum atomic E-state index is 11.8. The summed E-state index contributed by atoms with van der Waals surface area (Å²) < 4.78 is 5.07. The van der Waals surface area contributed by atoms with Gasteiger partial charge < -0.3 is 4.74 Å². The maximum absolute atomic E-state index is 11.8. The molecule has 2 heterocycles. The Morgan fingerprint density at radius 2 is 2.17 bits per heavy atom. The van der Waals surface area contributed by atoms with Gasteiger partial charge in [-0.15, -0.1) is 11.3 Å². The van der Waals surface area contributed by atoms with Gasteiger partial charge in [0.2, 0.25) is 0 Å². The van der Waals surface area contributed by atoms with Crippen LogP contribution in [-0.2, 0) is 22.4 Å². The molecule has 2 aliphatic carbocycles. The first-order valence-corrected chi connectivity index (χ1v) is 10.6. The fourth-order valence-electron chi connectivity index (χ4n) is 3.28. The monoisotopic (exact) mass is 362 g/mol. The highest BCUT2D eigenvalue weighted by atomic mass is 32.2. The lowest BCUT2D eigenvalue weighted by atomic mass is 9.89. The Morgan fingerprint density at radius 1 is 1.33 bits per heavy atom. The van der Waals surface area contributed by atoms with Crippen LogP contribution in [-0.4, -0.2) is 28.3 Å². The second-order valence-corrected chi connectivity index (χ2v) is 8.83. The van der Waals surface area contributed by atoms with Gasteiger partial charge in [-0.25, -0.2) is 9.97 Å². The first-order chi connectivity index (χ1) is 11.7. The summed E-state index contributed by atoms with van der Waals surface area (Å²) >= 11 is 3.36. The molecule has 0 spiro atoms. The van der Waals surface area contributed by atoms with E-state index < -0.39 is 0 Å². The molecule has 0 N–H and O–H groups in total. The van der Waals surface area contributed by atoms with Crippen molar-refractivity contribution < 1.29 is 9.53 Å². The fraction of sp³-hybridized carbons (Fsp3) is 0.611. The number of hydrogen-bond donors (Lipinski definition) is 0. The largest absolute Gasteiger partial charge is 0.465 e. The van der Waals surface area contributed by atoms with E-state index in [1.807, 2.05) is 18.3 Å². The van der Waals surface area contributed by atoms with Gasteiger partial charge in [0.05, 0.1) is 12.4 Å². The van der Waals surface area contributed by atoms with Crippen molar-refractivity contribution in [2.75, 3.05) is 12.4 Å². The molecular weight excluding hydrogens is 340 g/mol. The van der Waals surface area contributed by atoms with Crippen LogP contribution in [0.3, 0.4) is 0 Å². The molecule has 0 bridgehead atoms. The summed E-state index contributed by atoms with van der Waals surface area (Å²) in [5.41, 5.74) is 1.43. The molecule has 0 aliphatic heterocycles. The molecule has 0 aromatic carbocycles. The van der Waals surface area contributed by atoms with Gasteiger partial charge in [0, 0.05) is 16.2 Å². The van der Waals surface area contributed by atoms with Crippen LogP contribution in [0.5, 0.6) is 0 Å². The third-order valence-corrected chi connectivity index (χ3v) is 6.81. The van der Waals surface area contributed by atoms with E-state index in [0.29, 0.717) is 18.3 Å². The summed E-state index contributed by atoms with van der Waals surface area (Å²) in [4.78, 5) is 24.1. The van der Waals surface area contributed by atoms with Crippen molar-refractivity contribution in [3.63, 3.8) is 0 Å². The first kappa shape index (κ1) is 16.3. The third-order valence-electron chi connectivity index (χ3n) is 4.71. The van der Waals surface area contributed by atoms with E-state index in [-0.39, 0.29) is 5.97 Å². The van der Waals surface area contributed by atoms with Crippen LogP contribution in [0.25, 0.3) is 10.2 Å². The van der Waals surface area contributed by atoms with Crippen molar-refractivity contribution in [2.24, 2.45) is 5.92 Å². The Labute approximate surface area is 150 Å². The summed E-state index contributed by atoms with van der Waals surface area (Å²) in [6.07, 6.45) is 5.86. The van der Waals surface area contributed by atoms with Crippen LogP contribution in [0.15, 0.2) is 5.03 Å². The zero-order chi connectivity index (χ0) is 16.7. The average Bonchev–Trinajstić information content (AvgIpc) is 3.33. The number of thiophene rings is 1. The molecule has 128 valence electrons. The van der Waals surface area contributed by atoms with E-state index in [2.05, 4.69) is 6.92 Å². The van der Waals surface area contributed by atoms with Gasteiger partial charge in [-0.2, -0.15) is 0 Å². The highest BCUT2D eigenvalue weighted by Crippen LogP contribution is 2.44. The summed E-state index contributed by atoms with van der Waals surface area (Å²) in [6, 6.07) is 0. The lowest BCUT2D eigenvalue weighted by Gasteiger charge is -2.18. The van der Waals surface area contributed by atoms with Crippen molar-refractivity contribution in [1.29, 1.82) is 0 Å². The second kappa shape index (κ2) is 6.64. The molecule has 1 saturated carbocycles. The Hall–Kier alpha value is -1.14. The van der Waals surface area contributed by atoms with Crippen molar-refractivity contribution in [1.82, 2.24) is 9.97 Å². The number of carbonyl (C=O) groups excluding carboxylic acids is 1. The highest BCUT2D eigenvalue weighted by molar-refractivity contribution is 8.00. The Kier molecular flexibility index (Phi) is 4.52. The zero-order valence-electron chi connectivity index (χ0n) is 14.1. The molecule has 0 unspecified atom stereocenters. The quantitative estimate of drug-likeness (QED) is 0.450. The maximum Gasteiger partial charge on any atom is 0.316 e. The van der Waals surface area contributed by atoms with Crippen LogP contribution >= 0.6 is 23.1 Å². The van der Waals surface area contributed by atoms with Crippen LogP contribution in [0, 0.1) is 5.92 Å². The Balaban J connectivity index is 1.72. The molecule has 6 heteroatoms. The van der Waals surface area contributed by atoms with E-state index in [1.165, 1.54) is 46.9 Å². The molecule has 0 radical (unpaired) electrons. The predicted octanol–water partition coefficient (Wildman–Crippen LogP) is 4.35. The van der Waals surface area contributed by atoms with Crippen LogP contribution in [0.1, 0.15) is 55.3 Å². The molecule has 2 aliphatic rings. The third kappa shape index (κ3) is 3.18. The summed E-state index contributed by atoms with van der Waals surface area (Å²) in [7, 11) is 0. The highest BCUT2D eigenvalue weighted by Gasteiger charge is 2.30. The fourth-order valence-corrected chi connectivity index (χ4v) is 5.60. The predicted molar refractivity (Wildman–Crippen MR) is 97.9 cm³/mol. The topological polar surface area (TPSA) is 52.1 Å². The van der Waals surface area contributed by atoms with Gasteiger partial charge >= 0.3 is 5.97 Å². The molecule has 1 atom stereocenters. The van der Waals surface area contributed by atoms with E-state index in [4.69, 9.17) is 14.7 Å². The molecule has 2 aromatic rings. The van der Waals surface area contributed by atoms with Crippen molar-refractivity contribution >= 4 is 39.3 Å². The van der Waals surface area contributed by atoms with E-state index >= 15 is 0 Å². The summed E-state index contributed by atoms with van der Waals surface area (Å²) in [5.74, 6) is 2.40. The number of aryl methyl sites for hydroxylation is 1. The minimum atomic E-state index is -0.167. The molecule has 4 rings (SSSR count). The minimum absolute atomic E-state index is 0.167. The van der Waals surface area contributed by atoms with Gasteiger partial charge in [-0.05, 0) is 50.5 Å². The van der Waals surface area contributed by atoms with Gasteiger partial charge in [-0.1, -0.05) is 18.7 Å². The number of thioether (sulfide) groups is 1. The van der Waals surface area contributed by atoms with Crippen molar-refractivity contribution in [3.05, 3.63) is 16.3 Å². The minimum Gasteiger partial charge on any atom is -0.465 e. The molecule has 1 fully saturated rings. The van der Waals surface area contributed by atoms with Gasteiger partial charge in [-0.3, -0.25) is 4.79 Å². The number of ether oxygens (including phenoxy) is 1. The summed E-state index contributed by atoms with van der Waals surface area (Å²) in [6.45, 7) is 4.59. The Morgan fingerprint density at radius 3 is 2.92 bits per heavy atom. The molecule has 4 nitrogen and oxygen atoms in total. The standard InChI is InChI=1S/C18H22N2O2S2/c1-3-22-14(21)9-23-17-15-12-7-4-10(2)8-13(12)24-18(15)20-16(19-17)11-5-6-11/h10-11H,3-9H2,1-2H3/t10-/m0/s1. The van der Waals surface area contributed by atoms with E-state index in [0.717, 1.165) is 34.4 Å². The van der Waals surface area contributed by atoms with E-state index in [9.17, 15) is 4.79 Å². The smallest absolute Gasteiger partial charge is 0.316 e. The number of fused-ring (bicyclic) bond motifs is 3. The lowest BCUT2D eigenvalue weighted by molar-refractivity contribution is -0.139. The van der Waals surface area contributed by atoms with Crippen molar-refractivity contribution in [3.8, 4) is 0 Å². The molecule has 24 heavy (non-hydrogen) atoms. The number of aromatic nitrogens is 2. The normalized spacial score (nSPS) is 20.2. The second-order valence-electron chi connectivity index (χ2n) is 6.79. The van der Waals surface area contributed by atoms with Gasteiger partial charge in [0.1, 0.15) is 15.7 Å². The van der Waals surface area contributed by atoms with Crippen molar-refractivity contribution in [2.45, 2.75) is 56.9 Å².